The summed E-state index contributed by atoms with van der Waals surface area (Å²) in [4.78, 5) is 41.7. The van der Waals surface area contributed by atoms with Crippen LogP contribution in [0, 0.1) is 5.82 Å². The number of rotatable bonds is 5. The van der Waals surface area contributed by atoms with Gasteiger partial charge < -0.3 is 10.6 Å². The van der Waals surface area contributed by atoms with Crippen LogP contribution in [0.3, 0.4) is 0 Å². The smallest absolute Gasteiger partial charge is 0.322 e. The van der Waals surface area contributed by atoms with E-state index >= 15 is 0 Å². The van der Waals surface area contributed by atoms with Crippen molar-refractivity contribution in [3.05, 3.63) is 58.6 Å². The molecule has 0 radical (unpaired) electrons. The number of carbonyl (C=O) groups is 3. The lowest BCUT2D eigenvalue weighted by Crippen LogP contribution is -2.52. The number of thiazole rings is 1. The molecule has 142 valence electrons. The van der Waals surface area contributed by atoms with Crippen LogP contribution in [0.5, 0.6) is 0 Å². The highest BCUT2D eigenvalue weighted by molar-refractivity contribution is 7.07. The Morgan fingerprint density at radius 1 is 1.29 bits per heavy atom. The van der Waals surface area contributed by atoms with E-state index in [0.29, 0.717) is 11.4 Å². The molecule has 1 saturated heterocycles. The van der Waals surface area contributed by atoms with Crippen LogP contribution in [0.15, 0.2) is 41.4 Å². The van der Waals surface area contributed by atoms with Crippen molar-refractivity contribution in [2.45, 2.75) is 5.54 Å². The third-order valence-electron chi connectivity index (χ3n) is 4.11. The SMILES string of the molecule is O=C1NC(=O)C(CNC(=O)c2cnn(-c3ccc(F)cc3)n2)(c2cscn2)N1. The molecule has 3 aromatic rings. The monoisotopic (exact) mass is 401 g/mol. The summed E-state index contributed by atoms with van der Waals surface area (Å²) in [6.45, 7) is -0.226. The minimum absolute atomic E-state index is 0.0116. The number of aromatic nitrogens is 4. The number of hydrogen-bond acceptors (Lipinski definition) is 7. The van der Waals surface area contributed by atoms with E-state index in [1.54, 1.807) is 5.38 Å². The number of nitrogens with zero attached hydrogens (tertiary/aromatic N) is 4. The zero-order valence-electron chi connectivity index (χ0n) is 14.0. The molecule has 0 bridgehead atoms. The van der Waals surface area contributed by atoms with Gasteiger partial charge in [0.1, 0.15) is 5.82 Å². The second kappa shape index (κ2) is 6.81. The van der Waals surface area contributed by atoms with Crippen molar-refractivity contribution in [1.29, 1.82) is 0 Å². The number of imide groups is 1. The Labute approximate surface area is 160 Å². The van der Waals surface area contributed by atoms with E-state index in [1.165, 1.54) is 52.1 Å². The lowest BCUT2D eigenvalue weighted by Gasteiger charge is -2.24. The van der Waals surface area contributed by atoms with E-state index in [9.17, 15) is 18.8 Å². The van der Waals surface area contributed by atoms with Crippen molar-refractivity contribution in [3.8, 4) is 5.69 Å². The first-order valence-electron chi connectivity index (χ1n) is 7.97. The number of halogens is 1. The van der Waals surface area contributed by atoms with Gasteiger partial charge in [-0.15, -0.1) is 16.4 Å². The zero-order valence-corrected chi connectivity index (χ0v) is 14.9. The third kappa shape index (κ3) is 3.09. The van der Waals surface area contributed by atoms with Crippen LogP contribution in [0.1, 0.15) is 16.2 Å². The molecule has 28 heavy (non-hydrogen) atoms. The molecule has 4 amide bonds. The fourth-order valence-corrected chi connectivity index (χ4v) is 3.31. The zero-order chi connectivity index (χ0) is 19.7. The van der Waals surface area contributed by atoms with E-state index in [2.05, 4.69) is 31.1 Å². The first-order valence-corrected chi connectivity index (χ1v) is 8.91. The normalized spacial score (nSPS) is 18.6. The maximum Gasteiger partial charge on any atom is 0.322 e. The molecule has 1 aliphatic heterocycles. The minimum atomic E-state index is -1.50. The van der Waals surface area contributed by atoms with Crippen molar-refractivity contribution in [1.82, 2.24) is 35.9 Å². The number of urea groups is 1. The summed E-state index contributed by atoms with van der Waals surface area (Å²) >= 11 is 1.25. The fraction of sp³-hybridized carbons (Fsp3) is 0.125. The van der Waals surface area contributed by atoms with Gasteiger partial charge in [-0.1, -0.05) is 0 Å². The molecule has 3 N–H and O–H groups in total. The highest BCUT2D eigenvalue weighted by atomic mass is 32.1. The summed E-state index contributed by atoms with van der Waals surface area (Å²) in [5.74, 6) is -1.62. The first-order chi connectivity index (χ1) is 13.5. The molecule has 1 aromatic carbocycles. The van der Waals surface area contributed by atoms with Crippen LogP contribution in [0.4, 0.5) is 9.18 Å². The van der Waals surface area contributed by atoms with Gasteiger partial charge in [0.25, 0.3) is 11.8 Å². The van der Waals surface area contributed by atoms with Crippen molar-refractivity contribution in [2.24, 2.45) is 0 Å². The number of amides is 4. The van der Waals surface area contributed by atoms with Crippen LogP contribution >= 0.6 is 11.3 Å². The highest BCUT2D eigenvalue weighted by Gasteiger charge is 2.49. The van der Waals surface area contributed by atoms with Gasteiger partial charge in [-0.25, -0.2) is 14.2 Å². The maximum absolute atomic E-state index is 13.0. The lowest BCUT2D eigenvalue weighted by atomic mass is 9.96. The molecule has 1 aliphatic rings. The second-order valence-electron chi connectivity index (χ2n) is 5.87. The quantitative estimate of drug-likeness (QED) is 0.528. The van der Waals surface area contributed by atoms with Crippen LogP contribution in [0.25, 0.3) is 5.69 Å². The molecular weight excluding hydrogens is 389 g/mol. The number of nitrogens with one attached hydrogen (secondary N) is 3. The molecule has 0 aliphatic carbocycles. The summed E-state index contributed by atoms with van der Waals surface area (Å²) in [6.07, 6.45) is 1.24. The predicted molar refractivity (Wildman–Crippen MR) is 94.1 cm³/mol. The van der Waals surface area contributed by atoms with Crippen LogP contribution < -0.4 is 16.0 Å². The Morgan fingerprint density at radius 2 is 2.07 bits per heavy atom. The fourth-order valence-electron chi connectivity index (χ4n) is 2.68. The topological polar surface area (TPSA) is 131 Å². The van der Waals surface area contributed by atoms with Gasteiger partial charge in [-0.3, -0.25) is 14.9 Å². The first kappa shape index (κ1) is 17.7. The Balaban J connectivity index is 1.51. The van der Waals surface area contributed by atoms with Crippen molar-refractivity contribution in [2.75, 3.05) is 6.54 Å². The average molecular weight is 401 g/mol. The largest absolute Gasteiger partial charge is 0.347 e. The minimum Gasteiger partial charge on any atom is -0.347 e. The molecule has 1 unspecified atom stereocenters. The highest BCUT2D eigenvalue weighted by Crippen LogP contribution is 2.24. The molecule has 1 atom stereocenters. The van der Waals surface area contributed by atoms with Gasteiger partial charge in [0, 0.05) is 5.38 Å². The molecule has 4 rings (SSSR count). The summed E-state index contributed by atoms with van der Waals surface area (Å²) in [5.41, 5.74) is 0.797. The van der Waals surface area contributed by atoms with Gasteiger partial charge >= 0.3 is 6.03 Å². The van der Waals surface area contributed by atoms with Crippen molar-refractivity contribution >= 4 is 29.2 Å². The second-order valence-corrected chi connectivity index (χ2v) is 6.58. The van der Waals surface area contributed by atoms with E-state index < -0.39 is 29.2 Å². The van der Waals surface area contributed by atoms with Gasteiger partial charge in [0.05, 0.1) is 29.6 Å². The van der Waals surface area contributed by atoms with Gasteiger partial charge in [-0.05, 0) is 24.3 Å². The molecule has 0 spiro atoms. The van der Waals surface area contributed by atoms with Crippen molar-refractivity contribution < 1.29 is 18.8 Å². The Kier molecular flexibility index (Phi) is 4.31. The van der Waals surface area contributed by atoms with Crippen LogP contribution in [0.2, 0.25) is 0 Å². The summed E-state index contributed by atoms with van der Waals surface area (Å²) in [5, 5.41) is 16.9. The molecule has 2 aromatic heterocycles. The standard InChI is InChI=1S/C16H12FN7O3S/c17-9-1-3-10(4-2-9)24-20-5-11(23-24)13(25)18-7-16(12-6-28-8-19-12)14(26)21-15(27)22-16/h1-6,8H,7H2,(H,18,25)(H2,21,22,26,27). The van der Waals surface area contributed by atoms with Crippen LogP contribution in [-0.2, 0) is 10.3 Å². The number of hydrogen-bond donors (Lipinski definition) is 3. The van der Waals surface area contributed by atoms with Gasteiger partial charge in [-0.2, -0.15) is 9.90 Å². The maximum atomic E-state index is 13.0. The molecule has 1 fully saturated rings. The number of benzene rings is 1. The summed E-state index contributed by atoms with van der Waals surface area (Å²) < 4.78 is 13.0. The molecular formula is C16H12FN7O3S. The van der Waals surface area contributed by atoms with E-state index in [0.717, 1.165) is 0 Å². The summed E-state index contributed by atoms with van der Waals surface area (Å²) in [7, 11) is 0. The molecule has 12 heteroatoms. The summed E-state index contributed by atoms with van der Waals surface area (Å²) in [6, 6.07) is 4.75. The molecule has 3 heterocycles. The average Bonchev–Trinajstić information content (AvgIpc) is 3.41. The van der Waals surface area contributed by atoms with Crippen molar-refractivity contribution in [3.63, 3.8) is 0 Å². The van der Waals surface area contributed by atoms with Gasteiger partial charge in [0.2, 0.25) is 0 Å². The third-order valence-corrected chi connectivity index (χ3v) is 4.69. The van der Waals surface area contributed by atoms with E-state index in [4.69, 9.17) is 0 Å². The Morgan fingerprint density at radius 3 is 2.71 bits per heavy atom. The predicted octanol–water partition coefficient (Wildman–Crippen LogP) is 0.328. The Hall–Kier alpha value is -3.67. The lowest BCUT2D eigenvalue weighted by molar-refractivity contribution is -0.124. The molecule has 10 nitrogen and oxygen atoms in total. The van der Waals surface area contributed by atoms with Crippen LogP contribution in [-0.4, -0.2) is 44.4 Å². The Bertz CT molecular complexity index is 1050. The van der Waals surface area contributed by atoms with Gasteiger partial charge in [0.15, 0.2) is 11.2 Å². The number of carbonyl (C=O) groups excluding carboxylic acids is 3. The van der Waals surface area contributed by atoms with E-state index in [1.807, 2.05) is 0 Å². The van der Waals surface area contributed by atoms with E-state index in [-0.39, 0.29) is 12.2 Å². The molecule has 0 saturated carbocycles.